The third-order valence-electron chi connectivity index (χ3n) is 3.32. The van der Waals surface area contributed by atoms with Gasteiger partial charge in [-0.25, -0.2) is 19.0 Å². The molecule has 0 spiro atoms. The number of fused-ring (bicyclic) bond motifs is 1. The van der Waals surface area contributed by atoms with E-state index in [1.54, 1.807) is 45.0 Å². The van der Waals surface area contributed by atoms with Crippen LogP contribution in [0, 0.1) is 0 Å². The average molecular weight is 376 g/mol. The molecule has 0 atom stereocenters. The van der Waals surface area contributed by atoms with Crippen LogP contribution in [0.25, 0.3) is 10.9 Å². The smallest absolute Gasteiger partial charge is 0.407 e. The lowest BCUT2D eigenvalue weighted by Crippen LogP contribution is -2.34. The minimum atomic E-state index is -1.10. The molecule has 27 heavy (non-hydrogen) atoms. The minimum Gasteiger partial charge on any atom is -0.489 e. The molecular formula is C19H21FN2O5. The molecule has 0 unspecified atom stereocenters. The van der Waals surface area contributed by atoms with Crippen LogP contribution in [0.3, 0.4) is 0 Å². The molecule has 1 heterocycles. The number of nitrogens with one attached hydrogen (secondary N) is 1. The van der Waals surface area contributed by atoms with Crippen LogP contribution in [-0.2, 0) is 4.74 Å². The summed E-state index contributed by atoms with van der Waals surface area (Å²) < 4.78 is 23.6. The molecule has 144 valence electrons. The Kier molecular flexibility index (Phi) is 6.33. The Labute approximate surface area is 155 Å². The van der Waals surface area contributed by atoms with Crippen LogP contribution in [0.5, 0.6) is 5.75 Å². The first-order valence-corrected chi connectivity index (χ1v) is 8.20. The molecule has 0 saturated carbocycles. The molecule has 0 fully saturated rings. The maximum Gasteiger partial charge on any atom is 0.407 e. The van der Waals surface area contributed by atoms with Crippen LogP contribution in [0.2, 0.25) is 0 Å². The van der Waals surface area contributed by atoms with Gasteiger partial charge < -0.3 is 19.9 Å². The standard InChI is InChI=1S/C19H21FN2O5/c1-19(2,3)27-18(25)21-10-12(9-20)11-26-14-5-7-15-13(8-14)4-6-16(22-15)17(23)24/h4-9H,10-11H2,1-3H3,(H,21,25)(H,23,24)/b12-9+. The number of ether oxygens (including phenoxy) is 2. The molecule has 1 amide bonds. The third-order valence-corrected chi connectivity index (χ3v) is 3.32. The van der Waals surface area contributed by atoms with Crippen molar-refractivity contribution in [2.75, 3.05) is 13.2 Å². The van der Waals surface area contributed by atoms with E-state index < -0.39 is 17.7 Å². The predicted octanol–water partition coefficient (Wildman–Crippen LogP) is 3.69. The number of halogens is 1. The highest BCUT2D eigenvalue weighted by molar-refractivity contribution is 5.90. The Hall–Kier alpha value is -3.16. The van der Waals surface area contributed by atoms with Gasteiger partial charge in [0.25, 0.3) is 0 Å². The minimum absolute atomic E-state index is 0.0490. The number of nitrogens with zero attached hydrogens (tertiary/aromatic N) is 1. The van der Waals surface area contributed by atoms with Gasteiger partial charge in [0.05, 0.1) is 11.8 Å². The Morgan fingerprint density at radius 1 is 1.26 bits per heavy atom. The van der Waals surface area contributed by atoms with E-state index in [9.17, 15) is 14.0 Å². The summed E-state index contributed by atoms with van der Waals surface area (Å²) in [6, 6.07) is 7.92. The van der Waals surface area contributed by atoms with Gasteiger partial charge in [0, 0.05) is 17.5 Å². The number of pyridine rings is 1. The summed E-state index contributed by atoms with van der Waals surface area (Å²) in [4.78, 5) is 26.6. The van der Waals surface area contributed by atoms with Crippen LogP contribution in [0.15, 0.2) is 42.2 Å². The topological polar surface area (TPSA) is 97.8 Å². The van der Waals surface area contributed by atoms with E-state index in [4.69, 9.17) is 14.6 Å². The first-order chi connectivity index (χ1) is 12.7. The lowest BCUT2D eigenvalue weighted by atomic mass is 10.2. The fraction of sp³-hybridized carbons (Fsp3) is 0.316. The van der Waals surface area contributed by atoms with Crippen molar-refractivity contribution in [2.24, 2.45) is 0 Å². The predicted molar refractivity (Wildman–Crippen MR) is 97.6 cm³/mol. The van der Waals surface area contributed by atoms with Gasteiger partial charge in [-0.1, -0.05) is 6.07 Å². The van der Waals surface area contributed by atoms with Crippen molar-refractivity contribution in [1.29, 1.82) is 0 Å². The summed E-state index contributed by atoms with van der Waals surface area (Å²) in [7, 11) is 0. The van der Waals surface area contributed by atoms with Crippen LogP contribution in [-0.4, -0.2) is 40.9 Å². The molecule has 0 aliphatic heterocycles. The van der Waals surface area contributed by atoms with Gasteiger partial charge in [0.2, 0.25) is 0 Å². The van der Waals surface area contributed by atoms with Gasteiger partial charge in [-0.15, -0.1) is 0 Å². The largest absolute Gasteiger partial charge is 0.489 e. The second kappa shape index (κ2) is 8.48. The second-order valence-electron chi connectivity index (χ2n) is 6.77. The molecule has 0 saturated heterocycles. The highest BCUT2D eigenvalue weighted by atomic mass is 19.1. The molecule has 2 N–H and O–H groups in total. The molecule has 2 aromatic rings. The number of alkyl carbamates (subject to hydrolysis) is 1. The highest BCUT2D eigenvalue weighted by Crippen LogP contribution is 2.20. The van der Waals surface area contributed by atoms with Crippen molar-refractivity contribution in [3.63, 3.8) is 0 Å². The zero-order valence-electron chi connectivity index (χ0n) is 15.3. The van der Waals surface area contributed by atoms with Crippen molar-refractivity contribution in [3.05, 3.63) is 47.9 Å². The molecule has 0 aliphatic rings. The Balaban J connectivity index is 1.95. The van der Waals surface area contributed by atoms with Gasteiger partial charge in [-0.05, 0) is 45.0 Å². The van der Waals surface area contributed by atoms with Gasteiger partial charge in [-0.2, -0.15) is 0 Å². The Morgan fingerprint density at radius 2 is 2.00 bits per heavy atom. The number of carbonyl (C=O) groups is 2. The lowest BCUT2D eigenvalue weighted by Gasteiger charge is -2.20. The number of amides is 1. The number of aromatic nitrogens is 1. The maximum atomic E-state index is 13.0. The number of carbonyl (C=O) groups excluding carboxylic acids is 1. The Morgan fingerprint density at radius 3 is 2.63 bits per heavy atom. The molecule has 0 bridgehead atoms. The summed E-state index contributed by atoms with van der Waals surface area (Å²) in [6.45, 7) is 5.07. The number of hydrogen-bond acceptors (Lipinski definition) is 5. The quantitative estimate of drug-likeness (QED) is 0.798. The maximum absolute atomic E-state index is 13.0. The summed E-state index contributed by atoms with van der Waals surface area (Å²) in [5, 5.41) is 12.1. The number of rotatable bonds is 6. The van der Waals surface area contributed by atoms with Crippen molar-refractivity contribution >= 4 is 23.0 Å². The van der Waals surface area contributed by atoms with Gasteiger partial charge >= 0.3 is 12.1 Å². The zero-order valence-corrected chi connectivity index (χ0v) is 15.3. The number of carboxylic acid groups (broad SMARTS) is 1. The molecule has 2 rings (SSSR count). The van der Waals surface area contributed by atoms with Crippen molar-refractivity contribution in [2.45, 2.75) is 26.4 Å². The molecule has 7 nitrogen and oxygen atoms in total. The molecule has 8 heteroatoms. The first kappa shape index (κ1) is 20.2. The fourth-order valence-corrected chi connectivity index (χ4v) is 2.11. The average Bonchev–Trinajstić information content (AvgIpc) is 2.59. The van der Waals surface area contributed by atoms with Crippen LogP contribution < -0.4 is 10.1 Å². The number of hydrogen-bond donors (Lipinski definition) is 2. The van der Waals surface area contributed by atoms with E-state index in [1.807, 2.05) is 0 Å². The van der Waals surface area contributed by atoms with Crippen LogP contribution >= 0.6 is 0 Å². The van der Waals surface area contributed by atoms with E-state index in [0.29, 0.717) is 23.0 Å². The summed E-state index contributed by atoms with van der Waals surface area (Å²) in [5.41, 5.74) is 0.0437. The van der Waals surface area contributed by atoms with Gasteiger partial charge in [0.15, 0.2) is 0 Å². The number of benzene rings is 1. The summed E-state index contributed by atoms with van der Waals surface area (Å²) in [6.07, 6.45) is -0.271. The first-order valence-electron chi connectivity index (χ1n) is 8.20. The Bertz CT molecular complexity index is 874. The van der Waals surface area contributed by atoms with E-state index in [0.717, 1.165) is 0 Å². The number of aromatic carboxylic acids is 1. The molecular weight excluding hydrogens is 355 g/mol. The van der Waals surface area contributed by atoms with Crippen molar-refractivity contribution < 1.29 is 28.6 Å². The zero-order chi connectivity index (χ0) is 20.0. The van der Waals surface area contributed by atoms with Crippen molar-refractivity contribution in [3.8, 4) is 5.75 Å². The number of carboxylic acids is 1. The monoisotopic (exact) mass is 376 g/mol. The van der Waals surface area contributed by atoms with E-state index in [2.05, 4.69) is 10.3 Å². The fourth-order valence-electron chi connectivity index (χ4n) is 2.11. The third kappa shape index (κ3) is 6.25. The van der Waals surface area contributed by atoms with Crippen LogP contribution in [0.4, 0.5) is 9.18 Å². The van der Waals surface area contributed by atoms with E-state index >= 15 is 0 Å². The lowest BCUT2D eigenvalue weighted by molar-refractivity contribution is 0.0531. The summed E-state index contributed by atoms with van der Waals surface area (Å²) >= 11 is 0. The molecule has 1 aromatic heterocycles. The van der Waals surface area contributed by atoms with E-state index in [1.165, 1.54) is 6.07 Å². The second-order valence-corrected chi connectivity index (χ2v) is 6.77. The van der Waals surface area contributed by atoms with Crippen LogP contribution in [0.1, 0.15) is 31.3 Å². The van der Waals surface area contributed by atoms with Crippen molar-refractivity contribution in [1.82, 2.24) is 10.3 Å². The van der Waals surface area contributed by atoms with Gasteiger partial charge in [-0.3, -0.25) is 0 Å². The highest BCUT2D eigenvalue weighted by Gasteiger charge is 2.16. The normalized spacial score (nSPS) is 11.9. The molecule has 0 radical (unpaired) electrons. The summed E-state index contributed by atoms with van der Waals surface area (Å²) in [5.74, 6) is -0.642. The molecule has 0 aliphatic carbocycles. The SMILES string of the molecule is CC(C)(C)OC(=O)NC/C(=C\F)COc1ccc2nc(C(=O)O)ccc2c1. The van der Waals surface area contributed by atoms with Gasteiger partial charge in [0.1, 0.15) is 23.7 Å². The van der Waals surface area contributed by atoms with E-state index in [-0.39, 0.29) is 24.4 Å². The molecule has 1 aromatic carbocycles.